The van der Waals surface area contributed by atoms with Gasteiger partial charge >= 0.3 is 0 Å². The molecule has 0 N–H and O–H groups in total. The third kappa shape index (κ3) is 3.05. The Morgan fingerprint density at radius 3 is 2.50 bits per heavy atom. The minimum absolute atomic E-state index is 0.662. The van der Waals surface area contributed by atoms with Gasteiger partial charge in [0.1, 0.15) is 0 Å². The van der Waals surface area contributed by atoms with Crippen LogP contribution in [0.2, 0.25) is 0 Å². The Balaban J connectivity index is 2.06. The van der Waals surface area contributed by atoms with Crippen molar-refractivity contribution in [2.24, 2.45) is 34.6 Å². The summed E-state index contributed by atoms with van der Waals surface area (Å²) in [6.45, 7) is 9.41. The summed E-state index contributed by atoms with van der Waals surface area (Å²) < 4.78 is 0. The molecule has 1 fully saturated rings. The zero-order valence-electron chi connectivity index (χ0n) is 12.5. The monoisotopic (exact) mass is 247 g/mol. The summed E-state index contributed by atoms with van der Waals surface area (Å²) in [5.74, 6) is 3.95. The molecule has 1 nitrogen and oxygen atoms in total. The third-order valence-electron chi connectivity index (χ3n) is 5.02. The largest absolute Gasteiger partial charge is 0.269 e. The smallest absolute Gasteiger partial charge is 0.0261 e. The maximum Gasteiger partial charge on any atom is 0.0261 e. The number of hydrogen-bond donors (Lipinski definition) is 0. The summed E-state index contributed by atoms with van der Waals surface area (Å²) in [4.78, 5) is 4.52. The van der Waals surface area contributed by atoms with Crippen LogP contribution in [0.3, 0.4) is 0 Å². The maximum absolute atomic E-state index is 4.52. The first kappa shape index (κ1) is 13.8. The molecule has 3 unspecified atom stereocenters. The van der Waals surface area contributed by atoms with Gasteiger partial charge in [0.2, 0.25) is 0 Å². The highest BCUT2D eigenvalue weighted by Crippen LogP contribution is 2.39. The predicted molar refractivity (Wildman–Crippen MR) is 79.8 cm³/mol. The van der Waals surface area contributed by atoms with Crippen molar-refractivity contribution < 1.29 is 0 Å². The Hall–Kier alpha value is -0.590. The first-order valence-electron chi connectivity index (χ1n) is 7.82. The van der Waals surface area contributed by atoms with E-state index in [-0.39, 0.29) is 0 Å². The van der Waals surface area contributed by atoms with Gasteiger partial charge in [-0.05, 0) is 48.5 Å². The average molecular weight is 247 g/mol. The molecule has 0 aromatic carbocycles. The molecule has 2 rings (SSSR count). The lowest BCUT2D eigenvalue weighted by Gasteiger charge is -2.35. The van der Waals surface area contributed by atoms with Gasteiger partial charge in [-0.3, -0.25) is 4.99 Å². The van der Waals surface area contributed by atoms with Crippen LogP contribution in [0.4, 0.5) is 0 Å². The van der Waals surface area contributed by atoms with Gasteiger partial charge in [0.05, 0.1) is 0 Å². The topological polar surface area (TPSA) is 12.4 Å². The van der Waals surface area contributed by atoms with Crippen molar-refractivity contribution in [3.8, 4) is 0 Å². The van der Waals surface area contributed by atoms with Crippen LogP contribution in [-0.4, -0.2) is 6.21 Å². The molecule has 0 radical (unpaired) electrons. The fourth-order valence-corrected chi connectivity index (χ4v) is 3.74. The summed E-state index contributed by atoms with van der Waals surface area (Å²) >= 11 is 0. The first-order chi connectivity index (χ1) is 8.59. The quantitative estimate of drug-likeness (QED) is 0.645. The van der Waals surface area contributed by atoms with E-state index in [1.165, 1.54) is 32.1 Å². The molecule has 1 aliphatic carbocycles. The number of nitrogens with zero attached hydrogens (tertiary/aromatic N) is 1. The van der Waals surface area contributed by atoms with Crippen LogP contribution in [0, 0.1) is 29.6 Å². The lowest BCUT2D eigenvalue weighted by molar-refractivity contribution is 0.250. The fourth-order valence-electron chi connectivity index (χ4n) is 3.74. The van der Waals surface area contributed by atoms with Crippen molar-refractivity contribution in [3.05, 3.63) is 11.8 Å². The maximum atomic E-state index is 4.52. The minimum Gasteiger partial charge on any atom is -0.269 e. The van der Waals surface area contributed by atoms with Crippen LogP contribution in [0.25, 0.3) is 0 Å². The number of allylic oxidation sites excluding steroid dienone is 1. The third-order valence-corrected chi connectivity index (χ3v) is 5.02. The molecule has 1 aliphatic heterocycles. The molecule has 1 saturated carbocycles. The van der Waals surface area contributed by atoms with Gasteiger partial charge < -0.3 is 0 Å². The van der Waals surface area contributed by atoms with Crippen molar-refractivity contribution in [1.82, 2.24) is 0 Å². The molecule has 0 saturated heterocycles. The van der Waals surface area contributed by atoms with Crippen LogP contribution in [0.5, 0.6) is 0 Å². The molecular formula is C17H29N. The minimum atomic E-state index is 0.662. The van der Waals surface area contributed by atoms with Crippen LogP contribution in [0.1, 0.15) is 59.8 Å². The fraction of sp³-hybridized carbons (Fsp3) is 0.824. The van der Waals surface area contributed by atoms with Crippen LogP contribution in [0.15, 0.2) is 16.8 Å². The normalized spacial score (nSPS) is 33.0. The summed E-state index contributed by atoms with van der Waals surface area (Å²) in [7, 11) is 0. The van der Waals surface area contributed by atoms with Gasteiger partial charge in [-0.15, -0.1) is 0 Å². The summed E-state index contributed by atoms with van der Waals surface area (Å²) in [6, 6.07) is 0. The van der Waals surface area contributed by atoms with Gasteiger partial charge in [-0.2, -0.15) is 0 Å². The lowest BCUT2D eigenvalue weighted by Crippen LogP contribution is -2.27. The van der Waals surface area contributed by atoms with E-state index in [4.69, 9.17) is 0 Å². The summed E-state index contributed by atoms with van der Waals surface area (Å²) in [5.41, 5.74) is 1.60. The van der Waals surface area contributed by atoms with Gasteiger partial charge in [0.15, 0.2) is 0 Å². The Bertz CT molecular complexity index is 325. The van der Waals surface area contributed by atoms with Gasteiger partial charge in [-0.1, -0.05) is 40.5 Å². The molecule has 0 aromatic heterocycles. The van der Waals surface area contributed by atoms with Gasteiger partial charge in [-0.25, -0.2) is 0 Å². The molecule has 0 aromatic rings. The Labute approximate surface area is 113 Å². The highest BCUT2D eigenvalue weighted by atomic mass is 14.7. The van der Waals surface area contributed by atoms with Crippen LogP contribution >= 0.6 is 0 Å². The Morgan fingerprint density at radius 1 is 1.06 bits per heavy atom. The van der Waals surface area contributed by atoms with E-state index in [9.17, 15) is 0 Å². The van der Waals surface area contributed by atoms with Crippen molar-refractivity contribution in [2.45, 2.75) is 59.8 Å². The molecule has 2 aliphatic rings. The second-order valence-corrected chi connectivity index (χ2v) is 6.86. The van der Waals surface area contributed by atoms with E-state index in [1.54, 1.807) is 5.57 Å². The number of aliphatic imine (C=N–C) groups is 1. The van der Waals surface area contributed by atoms with E-state index in [1.807, 2.05) is 0 Å². The highest BCUT2D eigenvalue weighted by Gasteiger charge is 2.30. The van der Waals surface area contributed by atoms with Crippen molar-refractivity contribution in [2.75, 3.05) is 0 Å². The molecule has 18 heavy (non-hydrogen) atoms. The van der Waals surface area contributed by atoms with Crippen molar-refractivity contribution in [3.63, 3.8) is 0 Å². The molecule has 1 heterocycles. The van der Waals surface area contributed by atoms with E-state index >= 15 is 0 Å². The van der Waals surface area contributed by atoms with Crippen LogP contribution in [-0.2, 0) is 0 Å². The molecule has 0 amide bonds. The highest BCUT2D eigenvalue weighted by molar-refractivity contribution is 5.64. The lowest BCUT2D eigenvalue weighted by atomic mass is 9.71. The van der Waals surface area contributed by atoms with Crippen molar-refractivity contribution in [1.29, 1.82) is 0 Å². The average Bonchev–Trinajstić information content (AvgIpc) is 2.28. The van der Waals surface area contributed by atoms with E-state index in [0.717, 1.165) is 17.8 Å². The van der Waals surface area contributed by atoms with Crippen LogP contribution < -0.4 is 0 Å². The summed E-state index contributed by atoms with van der Waals surface area (Å²) in [6.07, 6.45) is 11.3. The van der Waals surface area contributed by atoms with Crippen molar-refractivity contribution >= 4 is 6.21 Å². The number of rotatable bonds is 2. The molecule has 102 valence electrons. The summed E-state index contributed by atoms with van der Waals surface area (Å²) in [5, 5.41) is 0. The first-order valence-corrected chi connectivity index (χ1v) is 7.82. The Kier molecular flexibility index (Phi) is 4.64. The standard InChI is InChI=1S/C17H29N/c1-12(2)14-6-5-7-16-15(9-8-14)10-18-11-17(16)13(3)4/h10-16H,5-9H2,1-4H3. The Morgan fingerprint density at radius 2 is 1.83 bits per heavy atom. The molecular weight excluding hydrogens is 218 g/mol. The second-order valence-electron chi connectivity index (χ2n) is 6.86. The predicted octanol–water partition coefficient (Wildman–Crippen LogP) is 5.08. The number of fused-ring (bicyclic) bond motifs is 1. The van der Waals surface area contributed by atoms with E-state index in [2.05, 4.69) is 45.1 Å². The zero-order valence-corrected chi connectivity index (χ0v) is 12.5. The van der Waals surface area contributed by atoms with E-state index in [0.29, 0.717) is 11.8 Å². The van der Waals surface area contributed by atoms with Gasteiger partial charge in [0.25, 0.3) is 0 Å². The molecule has 3 atom stereocenters. The van der Waals surface area contributed by atoms with Gasteiger partial charge in [0, 0.05) is 18.3 Å². The SMILES string of the molecule is CC(C)C1=CN=CC2CCC(C(C)C)CCCC12. The zero-order chi connectivity index (χ0) is 13.1. The van der Waals surface area contributed by atoms with E-state index < -0.39 is 0 Å². The second kappa shape index (κ2) is 6.04. The molecule has 1 heteroatoms. The molecule has 0 bridgehead atoms. The molecule has 0 spiro atoms. The number of hydrogen-bond acceptors (Lipinski definition) is 1.